The third kappa shape index (κ3) is 3.29. The smallest absolute Gasteiger partial charge is 0.0830 e. The molecular weight excluding hydrogens is 244 g/mol. The van der Waals surface area contributed by atoms with Crippen LogP contribution in [0, 0.1) is 6.92 Å². The summed E-state index contributed by atoms with van der Waals surface area (Å²) < 4.78 is 0. The van der Waals surface area contributed by atoms with E-state index in [0.717, 1.165) is 18.4 Å². The summed E-state index contributed by atoms with van der Waals surface area (Å²) in [5.41, 5.74) is 6.24. The highest BCUT2D eigenvalue weighted by Gasteiger charge is 2.11. The summed E-state index contributed by atoms with van der Waals surface area (Å²) in [4.78, 5) is 0. The van der Waals surface area contributed by atoms with Crippen LogP contribution in [0.15, 0.2) is 42.5 Å². The first kappa shape index (κ1) is 14.8. The molecule has 1 heteroatoms. The van der Waals surface area contributed by atoms with Crippen LogP contribution in [0.25, 0.3) is 0 Å². The largest absolute Gasteiger partial charge is 0.388 e. The van der Waals surface area contributed by atoms with Crippen LogP contribution in [0.4, 0.5) is 0 Å². The molecule has 0 heterocycles. The molecule has 2 aromatic carbocycles. The third-order valence-corrected chi connectivity index (χ3v) is 4.05. The van der Waals surface area contributed by atoms with Crippen molar-refractivity contribution in [1.82, 2.24) is 0 Å². The van der Waals surface area contributed by atoms with Crippen molar-refractivity contribution in [2.45, 2.75) is 46.1 Å². The fourth-order valence-corrected chi connectivity index (χ4v) is 2.69. The van der Waals surface area contributed by atoms with Crippen LogP contribution in [-0.2, 0) is 19.3 Å². The second kappa shape index (κ2) is 6.71. The first-order valence-corrected chi connectivity index (χ1v) is 7.50. The van der Waals surface area contributed by atoms with Gasteiger partial charge in [0, 0.05) is 6.42 Å². The summed E-state index contributed by atoms with van der Waals surface area (Å²) in [6, 6.07) is 14.7. The SMILES string of the molecule is CCc1ccc(C(O)Cc2ccccc2C)cc1CC. The first-order chi connectivity index (χ1) is 9.65. The lowest BCUT2D eigenvalue weighted by molar-refractivity contribution is 0.178. The molecule has 0 aliphatic carbocycles. The number of hydrogen-bond acceptors (Lipinski definition) is 1. The Bertz CT molecular complexity index is 572. The Morgan fingerprint density at radius 2 is 1.60 bits per heavy atom. The fourth-order valence-electron chi connectivity index (χ4n) is 2.69. The van der Waals surface area contributed by atoms with E-state index in [0.29, 0.717) is 6.42 Å². The van der Waals surface area contributed by atoms with E-state index < -0.39 is 6.10 Å². The number of aryl methyl sites for hydroxylation is 3. The minimum atomic E-state index is -0.424. The zero-order valence-corrected chi connectivity index (χ0v) is 12.7. The summed E-state index contributed by atoms with van der Waals surface area (Å²) in [5.74, 6) is 0. The zero-order chi connectivity index (χ0) is 14.5. The highest BCUT2D eigenvalue weighted by Crippen LogP contribution is 2.23. The monoisotopic (exact) mass is 268 g/mol. The van der Waals surface area contributed by atoms with Gasteiger partial charge in [-0.1, -0.05) is 56.3 Å². The highest BCUT2D eigenvalue weighted by molar-refractivity contribution is 5.35. The Morgan fingerprint density at radius 1 is 0.900 bits per heavy atom. The average Bonchev–Trinajstić information content (AvgIpc) is 2.48. The summed E-state index contributed by atoms with van der Waals surface area (Å²) in [7, 11) is 0. The molecule has 0 spiro atoms. The third-order valence-electron chi connectivity index (χ3n) is 4.05. The van der Waals surface area contributed by atoms with Gasteiger partial charge in [-0.15, -0.1) is 0 Å². The molecule has 1 N–H and O–H groups in total. The number of rotatable bonds is 5. The van der Waals surface area contributed by atoms with E-state index >= 15 is 0 Å². The fraction of sp³-hybridized carbons (Fsp3) is 0.368. The predicted molar refractivity (Wildman–Crippen MR) is 85.0 cm³/mol. The number of aliphatic hydroxyl groups excluding tert-OH is 1. The topological polar surface area (TPSA) is 20.2 Å². The van der Waals surface area contributed by atoms with Gasteiger partial charge in [-0.3, -0.25) is 0 Å². The molecule has 0 saturated carbocycles. The molecule has 20 heavy (non-hydrogen) atoms. The van der Waals surface area contributed by atoms with Crippen molar-refractivity contribution in [1.29, 1.82) is 0 Å². The van der Waals surface area contributed by atoms with Gasteiger partial charge in [0.2, 0.25) is 0 Å². The Hall–Kier alpha value is -1.60. The Balaban J connectivity index is 2.21. The molecule has 1 atom stereocenters. The maximum atomic E-state index is 10.5. The van der Waals surface area contributed by atoms with Crippen molar-refractivity contribution < 1.29 is 5.11 Å². The summed E-state index contributed by atoms with van der Waals surface area (Å²) in [5, 5.41) is 10.5. The van der Waals surface area contributed by atoms with E-state index in [1.54, 1.807) is 0 Å². The van der Waals surface area contributed by atoms with Gasteiger partial charge in [-0.25, -0.2) is 0 Å². The van der Waals surface area contributed by atoms with Gasteiger partial charge in [0.05, 0.1) is 6.10 Å². The van der Waals surface area contributed by atoms with Crippen LogP contribution in [0.3, 0.4) is 0 Å². The van der Waals surface area contributed by atoms with E-state index in [1.165, 1.54) is 22.3 Å². The average molecular weight is 268 g/mol. The van der Waals surface area contributed by atoms with E-state index in [4.69, 9.17) is 0 Å². The van der Waals surface area contributed by atoms with Crippen LogP contribution < -0.4 is 0 Å². The van der Waals surface area contributed by atoms with Crippen LogP contribution in [0.1, 0.15) is 47.8 Å². The van der Waals surface area contributed by atoms with Crippen LogP contribution in [-0.4, -0.2) is 5.11 Å². The summed E-state index contributed by atoms with van der Waals surface area (Å²) in [6.07, 6.45) is 2.33. The van der Waals surface area contributed by atoms with Gasteiger partial charge < -0.3 is 5.11 Å². The predicted octanol–water partition coefficient (Wildman–Crippen LogP) is 4.40. The van der Waals surface area contributed by atoms with Gasteiger partial charge in [-0.2, -0.15) is 0 Å². The normalized spacial score (nSPS) is 12.4. The van der Waals surface area contributed by atoms with Crippen LogP contribution >= 0.6 is 0 Å². The van der Waals surface area contributed by atoms with Crippen molar-refractivity contribution in [2.24, 2.45) is 0 Å². The summed E-state index contributed by atoms with van der Waals surface area (Å²) >= 11 is 0. The zero-order valence-electron chi connectivity index (χ0n) is 12.7. The second-order valence-electron chi connectivity index (χ2n) is 5.38. The van der Waals surface area contributed by atoms with Gasteiger partial charge in [0.25, 0.3) is 0 Å². The van der Waals surface area contributed by atoms with Gasteiger partial charge in [0.15, 0.2) is 0 Å². The minimum Gasteiger partial charge on any atom is -0.388 e. The maximum absolute atomic E-state index is 10.5. The molecule has 0 fully saturated rings. The lowest BCUT2D eigenvalue weighted by Gasteiger charge is -2.15. The molecule has 0 aliphatic heterocycles. The number of benzene rings is 2. The first-order valence-electron chi connectivity index (χ1n) is 7.50. The summed E-state index contributed by atoms with van der Waals surface area (Å²) in [6.45, 7) is 6.45. The molecule has 0 bridgehead atoms. The molecule has 1 unspecified atom stereocenters. The Morgan fingerprint density at radius 3 is 2.25 bits per heavy atom. The molecule has 0 amide bonds. The quantitative estimate of drug-likeness (QED) is 0.852. The number of hydrogen-bond donors (Lipinski definition) is 1. The minimum absolute atomic E-state index is 0.424. The second-order valence-corrected chi connectivity index (χ2v) is 5.38. The van der Waals surface area contributed by atoms with Crippen molar-refractivity contribution in [3.63, 3.8) is 0 Å². The lowest BCUT2D eigenvalue weighted by atomic mass is 9.94. The molecule has 1 nitrogen and oxygen atoms in total. The molecule has 0 aromatic heterocycles. The van der Waals surface area contributed by atoms with Crippen molar-refractivity contribution in [2.75, 3.05) is 0 Å². The highest BCUT2D eigenvalue weighted by atomic mass is 16.3. The molecule has 2 aromatic rings. The Labute approximate surface area is 122 Å². The van der Waals surface area contributed by atoms with Gasteiger partial charge >= 0.3 is 0 Å². The maximum Gasteiger partial charge on any atom is 0.0830 e. The van der Waals surface area contributed by atoms with E-state index in [9.17, 15) is 5.11 Å². The molecule has 106 valence electrons. The van der Waals surface area contributed by atoms with Gasteiger partial charge in [-0.05, 0) is 47.6 Å². The van der Waals surface area contributed by atoms with Crippen LogP contribution in [0.2, 0.25) is 0 Å². The Kier molecular flexibility index (Phi) is 4.97. The van der Waals surface area contributed by atoms with Crippen molar-refractivity contribution >= 4 is 0 Å². The molecule has 2 rings (SSSR count). The molecule has 0 radical (unpaired) electrons. The standard InChI is InChI=1S/C19H24O/c1-4-15-10-11-18(12-16(15)5-2)19(20)13-17-9-7-6-8-14(17)3/h6-12,19-20H,4-5,13H2,1-3H3. The lowest BCUT2D eigenvalue weighted by Crippen LogP contribution is -2.04. The van der Waals surface area contributed by atoms with E-state index in [2.05, 4.69) is 51.1 Å². The molecule has 0 aliphatic rings. The number of aliphatic hydroxyl groups is 1. The molecule has 0 saturated heterocycles. The van der Waals surface area contributed by atoms with E-state index in [1.807, 2.05) is 12.1 Å². The van der Waals surface area contributed by atoms with E-state index in [-0.39, 0.29) is 0 Å². The molecular formula is C19H24O. The van der Waals surface area contributed by atoms with Crippen molar-refractivity contribution in [3.05, 3.63) is 70.3 Å². The van der Waals surface area contributed by atoms with Crippen molar-refractivity contribution in [3.8, 4) is 0 Å². The van der Waals surface area contributed by atoms with Gasteiger partial charge in [0.1, 0.15) is 0 Å². The van der Waals surface area contributed by atoms with Crippen LogP contribution in [0.5, 0.6) is 0 Å².